The first-order chi connectivity index (χ1) is 13.2. The van der Waals surface area contributed by atoms with E-state index in [4.69, 9.17) is 4.74 Å². The molecule has 1 saturated carbocycles. The molecule has 2 aromatic heterocycles. The quantitative estimate of drug-likeness (QED) is 0.756. The van der Waals surface area contributed by atoms with Crippen molar-refractivity contribution in [1.82, 2.24) is 24.4 Å². The van der Waals surface area contributed by atoms with E-state index in [1.54, 1.807) is 31.2 Å². The first-order valence-corrected chi connectivity index (χ1v) is 9.53. The molecule has 8 nitrogen and oxygen atoms in total. The largest absolute Gasteiger partial charge is 0.481 e. The molecule has 1 aliphatic carbocycles. The Kier molecular flexibility index (Phi) is 5.07. The van der Waals surface area contributed by atoms with Gasteiger partial charge in [0.2, 0.25) is 5.88 Å². The molecule has 0 atom stereocenters. The van der Waals surface area contributed by atoms with Crippen LogP contribution in [0, 0.1) is 0 Å². The molecule has 0 unspecified atom stereocenters. The average molecular weight is 370 g/mol. The smallest absolute Gasteiger partial charge is 0.347 e. The van der Waals surface area contributed by atoms with Crippen molar-refractivity contribution in [1.29, 1.82) is 0 Å². The van der Waals surface area contributed by atoms with E-state index >= 15 is 0 Å². The van der Waals surface area contributed by atoms with Crippen LogP contribution in [0.1, 0.15) is 31.4 Å². The van der Waals surface area contributed by atoms with Gasteiger partial charge < -0.3 is 9.64 Å². The predicted octanol–water partition coefficient (Wildman–Crippen LogP) is 1.21. The number of piperidine rings is 1. The molecule has 1 aliphatic heterocycles. The number of anilines is 1. The van der Waals surface area contributed by atoms with Gasteiger partial charge >= 0.3 is 5.69 Å². The van der Waals surface area contributed by atoms with E-state index in [-0.39, 0.29) is 5.69 Å². The maximum absolute atomic E-state index is 11.7. The Morgan fingerprint density at radius 2 is 1.89 bits per heavy atom. The SMILES string of the molecule is COc1cc(N(C2CC2)C2CCN(Cc3ccnc(=O)n3C)CC2)ncn1. The van der Waals surface area contributed by atoms with Crippen molar-refractivity contribution in [3.8, 4) is 5.88 Å². The topological polar surface area (TPSA) is 76.4 Å². The minimum Gasteiger partial charge on any atom is -0.481 e. The molecule has 0 aromatic carbocycles. The van der Waals surface area contributed by atoms with Crippen LogP contribution >= 0.6 is 0 Å². The molecule has 2 fully saturated rings. The second-order valence-corrected chi connectivity index (χ2v) is 7.34. The molecular formula is C19H26N6O2. The third-order valence-corrected chi connectivity index (χ3v) is 5.55. The number of nitrogens with zero attached hydrogens (tertiary/aromatic N) is 6. The summed E-state index contributed by atoms with van der Waals surface area (Å²) in [6.45, 7) is 2.80. The van der Waals surface area contributed by atoms with E-state index in [0.717, 1.165) is 44.0 Å². The van der Waals surface area contributed by atoms with Crippen molar-refractivity contribution in [3.05, 3.63) is 40.8 Å². The maximum Gasteiger partial charge on any atom is 0.347 e. The van der Waals surface area contributed by atoms with E-state index in [0.29, 0.717) is 18.0 Å². The van der Waals surface area contributed by atoms with Gasteiger partial charge in [0.25, 0.3) is 0 Å². The third kappa shape index (κ3) is 3.95. The standard InChI is InChI=1S/C19H26N6O2/c1-23-16(5-8-20-19(23)26)12-24-9-6-15(7-10-24)25(14-3-4-14)17-11-18(27-2)22-13-21-17/h5,8,11,13-15H,3-4,6-7,9-10,12H2,1-2H3. The zero-order valence-electron chi connectivity index (χ0n) is 15.9. The number of rotatable bonds is 6. The number of methoxy groups -OCH3 is 1. The molecule has 0 bridgehead atoms. The highest BCUT2D eigenvalue weighted by Gasteiger charge is 2.36. The second kappa shape index (κ2) is 7.64. The van der Waals surface area contributed by atoms with Crippen LogP contribution in [0.4, 0.5) is 5.82 Å². The second-order valence-electron chi connectivity index (χ2n) is 7.34. The monoisotopic (exact) mass is 370 g/mol. The van der Waals surface area contributed by atoms with Gasteiger partial charge in [-0.25, -0.2) is 19.7 Å². The zero-order chi connectivity index (χ0) is 18.8. The highest BCUT2D eigenvalue weighted by molar-refractivity contribution is 5.45. The summed E-state index contributed by atoms with van der Waals surface area (Å²) < 4.78 is 6.91. The average Bonchev–Trinajstić information content (AvgIpc) is 3.52. The molecule has 8 heteroatoms. The van der Waals surface area contributed by atoms with E-state index in [2.05, 4.69) is 24.8 Å². The lowest BCUT2D eigenvalue weighted by Crippen LogP contribution is -2.46. The van der Waals surface area contributed by atoms with Crippen LogP contribution in [-0.4, -0.2) is 56.7 Å². The molecular weight excluding hydrogens is 344 g/mol. The normalized spacial score (nSPS) is 18.4. The molecule has 0 amide bonds. The Labute approximate surface area is 158 Å². The molecule has 144 valence electrons. The summed E-state index contributed by atoms with van der Waals surface area (Å²) in [5.74, 6) is 1.58. The fourth-order valence-electron chi connectivity index (χ4n) is 3.86. The molecule has 0 N–H and O–H groups in total. The van der Waals surface area contributed by atoms with Gasteiger partial charge in [0.05, 0.1) is 7.11 Å². The van der Waals surface area contributed by atoms with Crippen molar-refractivity contribution in [2.24, 2.45) is 7.05 Å². The third-order valence-electron chi connectivity index (χ3n) is 5.55. The Bertz CT molecular complexity index is 842. The lowest BCUT2D eigenvalue weighted by Gasteiger charge is -2.39. The van der Waals surface area contributed by atoms with Crippen LogP contribution in [0.2, 0.25) is 0 Å². The van der Waals surface area contributed by atoms with Crippen LogP contribution in [0.25, 0.3) is 0 Å². The highest BCUT2D eigenvalue weighted by atomic mass is 16.5. The van der Waals surface area contributed by atoms with Gasteiger partial charge in [0.15, 0.2) is 0 Å². The molecule has 27 heavy (non-hydrogen) atoms. The fourth-order valence-corrected chi connectivity index (χ4v) is 3.86. The van der Waals surface area contributed by atoms with Crippen LogP contribution in [-0.2, 0) is 13.6 Å². The van der Waals surface area contributed by atoms with Crippen LogP contribution in [0.5, 0.6) is 5.88 Å². The van der Waals surface area contributed by atoms with Gasteiger partial charge in [-0.15, -0.1) is 0 Å². The van der Waals surface area contributed by atoms with Gasteiger partial charge in [-0.2, -0.15) is 0 Å². The summed E-state index contributed by atoms with van der Waals surface area (Å²) in [5.41, 5.74) is 0.813. The minimum absolute atomic E-state index is 0.194. The van der Waals surface area contributed by atoms with E-state index in [1.165, 1.54) is 12.8 Å². The zero-order valence-corrected chi connectivity index (χ0v) is 15.9. The lowest BCUT2D eigenvalue weighted by molar-refractivity contribution is 0.196. The Balaban J connectivity index is 1.42. The number of ether oxygens (including phenoxy) is 1. The van der Waals surface area contributed by atoms with Crippen molar-refractivity contribution >= 4 is 5.82 Å². The highest BCUT2D eigenvalue weighted by Crippen LogP contribution is 2.36. The van der Waals surface area contributed by atoms with E-state index < -0.39 is 0 Å². The summed E-state index contributed by atoms with van der Waals surface area (Å²) in [6.07, 6.45) is 7.81. The molecule has 0 spiro atoms. The van der Waals surface area contributed by atoms with Gasteiger partial charge in [-0.1, -0.05) is 0 Å². The molecule has 3 heterocycles. The number of aromatic nitrogens is 4. The van der Waals surface area contributed by atoms with Crippen LogP contribution < -0.4 is 15.3 Å². The van der Waals surface area contributed by atoms with Crippen molar-refractivity contribution in [2.45, 2.75) is 44.3 Å². The van der Waals surface area contributed by atoms with Crippen molar-refractivity contribution < 1.29 is 4.74 Å². The van der Waals surface area contributed by atoms with Crippen LogP contribution in [0.15, 0.2) is 29.5 Å². The van der Waals surface area contributed by atoms with Crippen molar-refractivity contribution in [3.63, 3.8) is 0 Å². The Hall–Kier alpha value is -2.48. The molecule has 0 radical (unpaired) electrons. The van der Waals surface area contributed by atoms with Gasteiger partial charge in [0, 0.05) is 56.7 Å². The molecule has 4 rings (SSSR count). The minimum atomic E-state index is -0.194. The summed E-state index contributed by atoms with van der Waals surface area (Å²) in [5, 5.41) is 0. The number of likely N-dealkylation sites (tertiary alicyclic amines) is 1. The lowest BCUT2D eigenvalue weighted by atomic mass is 10.0. The first kappa shape index (κ1) is 17.9. The number of hydrogen-bond donors (Lipinski definition) is 0. The van der Waals surface area contributed by atoms with E-state index in [9.17, 15) is 4.79 Å². The summed E-state index contributed by atoms with van der Waals surface area (Å²) >= 11 is 0. The predicted molar refractivity (Wildman–Crippen MR) is 102 cm³/mol. The van der Waals surface area contributed by atoms with Gasteiger partial charge in [-0.05, 0) is 31.7 Å². The van der Waals surface area contributed by atoms with E-state index in [1.807, 2.05) is 12.1 Å². The molecule has 1 saturated heterocycles. The first-order valence-electron chi connectivity index (χ1n) is 9.53. The number of hydrogen-bond acceptors (Lipinski definition) is 7. The van der Waals surface area contributed by atoms with Crippen LogP contribution in [0.3, 0.4) is 0 Å². The fraction of sp³-hybridized carbons (Fsp3) is 0.579. The Morgan fingerprint density at radius 1 is 1.15 bits per heavy atom. The van der Waals surface area contributed by atoms with Gasteiger partial charge in [0.1, 0.15) is 12.1 Å². The molecule has 2 aliphatic rings. The summed E-state index contributed by atoms with van der Waals surface area (Å²) in [4.78, 5) is 29.1. The maximum atomic E-state index is 11.7. The Morgan fingerprint density at radius 3 is 2.59 bits per heavy atom. The molecule has 2 aromatic rings. The summed E-state index contributed by atoms with van der Waals surface area (Å²) in [6, 6.07) is 4.94. The summed E-state index contributed by atoms with van der Waals surface area (Å²) in [7, 11) is 3.42. The van der Waals surface area contributed by atoms with Gasteiger partial charge in [-0.3, -0.25) is 9.47 Å². The van der Waals surface area contributed by atoms with Crippen molar-refractivity contribution in [2.75, 3.05) is 25.1 Å².